The van der Waals surface area contributed by atoms with Crippen molar-refractivity contribution in [3.63, 3.8) is 0 Å². The lowest BCUT2D eigenvalue weighted by Crippen LogP contribution is -1.89. The molecule has 0 radical (unpaired) electrons. The summed E-state index contributed by atoms with van der Waals surface area (Å²) >= 11 is 3.63. The van der Waals surface area contributed by atoms with E-state index in [1.807, 2.05) is 18.5 Å². The van der Waals surface area contributed by atoms with E-state index in [1.165, 1.54) is 21.2 Å². The highest BCUT2D eigenvalue weighted by atomic mass is 79.9. The topological polar surface area (TPSA) is 25.8 Å². The Balaban J connectivity index is 1.94. The fraction of sp³-hybridized carbons (Fsp3) is 0.100. The van der Waals surface area contributed by atoms with E-state index in [2.05, 4.69) is 71.2 Å². The van der Waals surface area contributed by atoms with Crippen LogP contribution in [0.25, 0.3) is 32.9 Å². The predicted molar refractivity (Wildman–Crippen MR) is 99.7 cm³/mol. The Morgan fingerprint density at radius 3 is 2.26 bits per heavy atom. The average molecular weight is 363 g/mol. The first-order valence-corrected chi connectivity index (χ1v) is 8.33. The lowest BCUT2D eigenvalue weighted by molar-refractivity contribution is 1.33. The molecule has 0 aliphatic rings. The first-order chi connectivity index (χ1) is 11.1. The zero-order valence-corrected chi connectivity index (χ0v) is 14.6. The van der Waals surface area contributed by atoms with Gasteiger partial charge in [-0.15, -0.1) is 0 Å². The van der Waals surface area contributed by atoms with Gasteiger partial charge in [-0.05, 0) is 42.7 Å². The summed E-state index contributed by atoms with van der Waals surface area (Å²) in [5, 5.41) is 2.24. The number of hydrogen-bond donors (Lipinski definition) is 0. The van der Waals surface area contributed by atoms with Gasteiger partial charge in [0.1, 0.15) is 0 Å². The number of nitrogens with zero attached hydrogens (tertiary/aromatic N) is 2. The van der Waals surface area contributed by atoms with Crippen molar-refractivity contribution < 1.29 is 0 Å². The van der Waals surface area contributed by atoms with Crippen molar-refractivity contribution in [2.75, 3.05) is 0 Å². The second-order valence-corrected chi connectivity index (χ2v) is 6.65. The van der Waals surface area contributed by atoms with E-state index in [1.54, 1.807) is 0 Å². The molecule has 0 aliphatic carbocycles. The van der Waals surface area contributed by atoms with Crippen LogP contribution >= 0.6 is 15.9 Å². The van der Waals surface area contributed by atoms with Crippen LogP contribution in [0, 0.1) is 13.8 Å². The van der Waals surface area contributed by atoms with Crippen LogP contribution in [0.4, 0.5) is 0 Å². The molecule has 0 unspecified atom stereocenters. The Kier molecular flexibility index (Phi) is 3.38. The van der Waals surface area contributed by atoms with E-state index in [0.29, 0.717) is 0 Å². The molecule has 0 saturated heterocycles. The number of aryl methyl sites for hydroxylation is 2. The Bertz CT molecular complexity index is 1030. The number of benzene rings is 2. The molecule has 0 bridgehead atoms. The van der Waals surface area contributed by atoms with Crippen LogP contribution in [0.1, 0.15) is 11.1 Å². The van der Waals surface area contributed by atoms with E-state index in [9.17, 15) is 0 Å². The van der Waals surface area contributed by atoms with Gasteiger partial charge in [0.25, 0.3) is 0 Å². The van der Waals surface area contributed by atoms with Gasteiger partial charge in [0.15, 0.2) is 0 Å². The molecule has 2 aromatic carbocycles. The Hall–Kier alpha value is -2.26. The number of hydrogen-bond acceptors (Lipinski definition) is 2. The van der Waals surface area contributed by atoms with Gasteiger partial charge >= 0.3 is 0 Å². The number of fused-ring (bicyclic) bond motifs is 3. The van der Waals surface area contributed by atoms with Crippen LogP contribution in [-0.2, 0) is 0 Å². The minimum absolute atomic E-state index is 0.956. The normalized spacial score (nSPS) is 11.3. The molecule has 4 rings (SSSR count). The zero-order valence-electron chi connectivity index (χ0n) is 13.0. The summed E-state index contributed by atoms with van der Waals surface area (Å²) in [6, 6.07) is 14.8. The van der Waals surface area contributed by atoms with Crippen molar-refractivity contribution in [3.05, 3.63) is 70.5 Å². The standard InChI is InChI=1S/C20H15BrN2/c1-12-8-16(9-13(2)18(12)21)17-10-15-6-5-14-4-3-7-22-19(14)20(15)23-11-17/h3-11H,1-2H3. The summed E-state index contributed by atoms with van der Waals surface area (Å²) in [4.78, 5) is 9.18. The summed E-state index contributed by atoms with van der Waals surface area (Å²) in [7, 11) is 0. The van der Waals surface area contributed by atoms with Crippen LogP contribution in [0.5, 0.6) is 0 Å². The maximum atomic E-state index is 4.69. The van der Waals surface area contributed by atoms with Crippen LogP contribution < -0.4 is 0 Å². The fourth-order valence-corrected chi connectivity index (χ4v) is 3.24. The highest BCUT2D eigenvalue weighted by molar-refractivity contribution is 9.10. The molecular formula is C20H15BrN2. The van der Waals surface area contributed by atoms with Crippen LogP contribution in [0.2, 0.25) is 0 Å². The zero-order chi connectivity index (χ0) is 16.0. The maximum Gasteiger partial charge on any atom is 0.0964 e. The second-order valence-electron chi connectivity index (χ2n) is 5.86. The van der Waals surface area contributed by atoms with Crippen molar-refractivity contribution in [2.45, 2.75) is 13.8 Å². The van der Waals surface area contributed by atoms with Crippen molar-refractivity contribution in [2.24, 2.45) is 0 Å². The SMILES string of the molecule is Cc1cc(-c2cnc3c(ccc4cccnc43)c2)cc(C)c1Br. The van der Waals surface area contributed by atoms with Gasteiger partial charge in [-0.3, -0.25) is 9.97 Å². The highest BCUT2D eigenvalue weighted by Gasteiger charge is 2.08. The molecule has 112 valence electrons. The van der Waals surface area contributed by atoms with Gasteiger partial charge in [-0.25, -0.2) is 0 Å². The minimum atomic E-state index is 0.956. The summed E-state index contributed by atoms with van der Waals surface area (Å²) < 4.78 is 1.17. The molecule has 3 heteroatoms. The van der Waals surface area contributed by atoms with Gasteiger partial charge in [-0.1, -0.05) is 46.3 Å². The van der Waals surface area contributed by atoms with E-state index in [0.717, 1.165) is 27.4 Å². The third-order valence-corrected chi connectivity index (χ3v) is 5.44. The number of rotatable bonds is 1. The molecule has 0 fully saturated rings. The molecule has 0 saturated carbocycles. The van der Waals surface area contributed by atoms with Crippen LogP contribution in [-0.4, -0.2) is 9.97 Å². The van der Waals surface area contributed by atoms with E-state index >= 15 is 0 Å². The van der Waals surface area contributed by atoms with Gasteiger partial charge in [0.05, 0.1) is 11.0 Å². The highest BCUT2D eigenvalue weighted by Crippen LogP contribution is 2.30. The number of aromatic nitrogens is 2. The molecule has 0 aliphatic heterocycles. The number of halogens is 1. The molecule has 2 nitrogen and oxygen atoms in total. The molecular weight excluding hydrogens is 348 g/mol. The summed E-state index contributed by atoms with van der Waals surface area (Å²) in [6.45, 7) is 4.24. The fourth-order valence-electron chi connectivity index (χ4n) is 3.01. The van der Waals surface area contributed by atoms with Gasteiger partial charge in [0.2, 0.25) is 0 Å². The van der Waals surface area contributed by atoms with E-state index < -0.39 is 0 Å². The lowest BCUT2D eigenvalue weighted by atomic mass is 10.0. The molecule has 0 amide bonds. The summed E-state index contributed by atoms with van der Waals surface area (Å²) in [5.41, 5.74) is 6.71. The van der Waals surface area contributed by atoms with Crippen molar-refractivity contribution in [1.82, 2.24) is 9.97 Å². The lowest BCUT2D eigenvalue weighted by Gasteiger charge is -2.09. The van der Waals surface area contributed by atoms with Gasteiger partial charge in [0, 0.05) is 33.2 Å². The monoisotopic (exact) mass is 362 g/mol. The first kappa shape index (κ1) is 14.3. The number of pyridine rings is 2. The molecule has 0 spiro atoms. The van der Waals surface area contributed by atoms with Crippen molar-refractivity contribution in [1.29, 1.82) is 0 Å². The largest absolute Gasteiger partial charge is 0.254 e. The third-order valence-electron chi connectivity index (χ3n) is 4.19. The van der Waals surface area contributed by atoms with Crippen LogP contribution in [0.15, 0.2) is 59.3 Å². The molecule has 2 aromatic heterocycles. The Morgan fingerprint density at radius 1 is 0.783 bits per heavy atom. The first-order valence-electron chi connectivity index (χ1n) is 7.54. The molecule has 2 heterocycles. The van der Waals surface area contributed by atoms with Crippen molar-refractivity contribution in [3.8, 4) is 11.1 Å². The molecule has 0 N–H and O–H groups in total. The Morgan fingerprint density at radius 2 is 1.48 bits per heavy atom. The smallest absolute Gasteiger partial charge is 0.0964 e. The molecule has 0 atom stereocenters. The molecule has 23 heavy (non-hydrogen) atoms. The average Bonchev–Trinajstić information content (AvgIpc) is 2.58. The maximum absolute atomic E-state index is 4.69. The van der Waals surface area contributed by atoms with E-state index in [-0.39, 0.29) is 0 Å². The minimum Gasteiger partial charge on any atom is -0.254 e. The van der Waals surface area contributed by atoms with Gasteiger partial charge < -0.3 is 0 Å². The Labute approximate surface area is 143 Å². The summed E-state index contributed by atoms with van der Waals surface area (Å²) in [5.74, 6) is 0. The van der Waals surface area contributed by atoms with Gasteiger partial charge in [-0.2, -0.15) is 0 Å². The van der Waals surface area contributed by atoms with Crippen LogP contribution in [0.3, 0.4) is 0 Å². The molecule has 4 aromatic rings. The third kappa shape index (κ3) is 2.41. The summed E-state index contributed by atoms with van der Waals surface area (Å²) in [6.07, 6.45) is 3.76. The van der Waals surface area contributed by atoms with E-state index in [4.69, 9.17) is 4.98 Å². The quantitative estimate of drug-likeness (QED) is 0.398. The predicted octanol–water partition coefficient (Wildman–Crippen LogP) is 5.83. The van der Waals surface area contributed by atoms with Crippen molar-refractivity contribution >= 4 is 37.7 Å². The second kappa shape index (κ2) is 5.43.